The average molecular weight is 277 g/mol. The first-order valence-electron chi connectivity index (χ1n) is 6.83. The fraction of sp³-hybridized carbons (Fsp3) is 0.467. The molecule has 0 saturated carbocycles. The lowest BCUT2D eigenvalue weighted by atomic mass is 10.1. The minimum absolute atomic E-state index is 0.318. The van der Waals surface area contributed by atoms with Gasteiger partial charge in [0, 0.05) is 20.1 Å². The Kier molecular flexibility index (Phi) is 7.17. The molecule has 0 aromatic heterocycles. The van der Waals surface area contributed by atoms with Crippen molar-refractivity contribution in [3.63, 3.8) is 0 Å². The Bertz CT molecular complexity index is 441. The highest BCUT2D eigenvalue weighted by atomic mass is 16.5. The number of esters is 1. The molecule has 1 aromatic carbocycles. The van der Waals surface area contributed by atoms with Gasteiger partial charge in [-0.1, -0.05) is 25.5 Å². The molecular weight excluding hydrogens is 254 g/mol. The maximum Gasteiger partial charge on any atom is 0.337 e. The van der Waals surface area contributed by atoms with Crippen molar-refractivity contribution in [2.45, 2.75) is 26.3 Å². The number of carbonyl (C=O) groups excluding carboxylic acids is 1. The van der Waals surface area contributed by atoms with Gasteiger partial charge in [-0.05, 0) is 24.1 Å². The average Bonchev–Trinajstić information content (AvgIpc) is 2.50. The summed E-state index contributed by atoms with van der Waals surface area (Å²) in [5, 5.41) is 6.47. The van der Waals surface area contributed by atoms with Crippen LogP contribution in [0.5, 0.6) is 0 Å². The predicted octanol–water partition coefficient (Wildman–Crippen LogP) is 1.94. The van der Waals surface area contributed by atoms with Gasteiger partial charge in [-0.3, -0.25) is 4.99 Å². The Hall–Kier alpha value is -2.04. The highest BCUT2D eigenvalue weighted by Crippen LogP contribution is 2.05. The molecule has 0 spiro atoms. The molecular formula is C15H23N3O2. The first-order chi connectivity index (χ1) is 9.71. The minimum Gasteiger partial charge on any atom is -0.465 e. The number of ether oxygens (including phenoxy) is 1. The predicted molar refractivity (Wildman–Crippen MR) is 80.9 cm³/mol. The summed E-state index contributed by atoms with van der Waals surface area (Å²) in [6, 6.07) is 7.32. The SMILES string of the molecule is CCCCNC(=NC)NCc1ccc(C(=O)OC)cc1. The Morgan fingerprint density at radius 1 is 1.25 bits per heavy atom. The molecule has 0 aliphatic carbocycles. The van der Waals surface area contributed by atoms with E-state index in [2.05, 4.69) is 27.3 Å². The maximum absolute atomic E-state index is 11.3. The van der Waals surface area contributed by atoms with Crippen LogP contribution < -0.4 is 10.6 Å². The van der Waals surface area contributed by atoms with Crippen LogP contribution in [0, 0.1) is 0 Å². The summed E-state index contributed by atoms with van der Waals surface area (Å²) in [6.07, 6.45) is 2.27. The molecule has 110 valence electrons. The second kappa shape index (κ2) is 8.96. The quantitative estimate of drug-likeness (QED) is 0.361. The summed E-state index contributed by atoms with van der Waals surface area (Å²) >= 11 is 0. The highest BCUT2D eigenvalue weighted by Gasteiger charge is 2.04. The van der Waals surface area contributed by atoms with Crippen molar-refractivity contribution in [1.82, 2.24) is 10.6 Å². The van der Waals surface area contributed by atoms with Crippen LogP contribution in [0.2, 0.25) is 0 Å². The first-order valence-corrected chi connectivity index (χ1v) is 6.83. The molecule has 1 aromatic rings. The van der Waals surface area contributed by atoms with Gasteiger partial charge in [-0.25, -0.2) is 4.79 Å². The third-order valence-electron chi connectivity index (χ3n) is 2.88. The molecule has 0 unspecified atom stereocenters. The van der Waals surface area contributed by atoms with E-state index in [1.54, 1.807) is 19.2 Å². The monoisotopic (exact) mass is 277 g/mol. The van der Waals surface area contributed by atoms with Crippen LogP contribution in [0.1, 0.15) is 35.7 Å². The molecule has 0 bridgehead atoms. The van der Waals surface area contributed by atoms with Gasteiger partial charge < -0.3 is 15.4 Å². The van der Waals surface area contributed by atoms with Gasteiger partial charge in [0.1, 0.15) is 0 Å². The lowest BCUT2D eigenvalue weighted by Crippen LogP contribution is -2.37. The second-order valence-electron chi connectivity index (χ2n) is 4.39. The Morgan fingerprint density at radius 3 is 2.50 bits per heavy atom. The van der Waals surface area contributed by atoms with E-state index in [9.17, 15) is 4.79 Å². The summed E-state index contributed by atoms with van der Waals surface area (Å²) in [4.78, 5) is 15.5. The Morgan fingerprint density at radius 2 is 1.95 bits per heavy atom. The lowest BCUT2D eigenvalue weighted by Gasteiger charge is -2.11. The fourth-order valence-electron chi connectivity index (χ4n) is 1.67. The van der Waals surface area contributed by atoms with Crippen LogP contribution in [0.4, 0.5) is 0 Å². The third-order valence-corrected chi connectivity index (χ3v) is 2.88. The van der Waals surface area contributed by atoms with Crippen molar-refractivity contribution < 1.29 is 9.53 Å². The zero-order valence-corrected chi connectivity index (χ0v) is 12.4. The van der Waals surface area contributed by atoms with Crippen LogP contribution in [0.3, 0.4) is 0 Å². The van der Waals surface area contributed by atoms with Gasteiger partial charge in [0.25, 0.3) is 0 Å². The normalized spacial score (nSPS) is 11.1. The highest BCUT2D eigenvalue weighted by molar-refractivity contribution is 5.89. The molecule has 0 aliphatic rings. The molecule has 20 heavy (non-hydrogen) atoms. The van der Waals surface area contributed by atoms with E-state index in [1.165, 1.54) is 7.11 Å². The van der Waals surface area contributed by atoms with Gasteiger partial charge in [-0.15, -0.1) is 0 Å². The van der Waals surface area contributed by atoms with Crippen molar-refractivity contribution in [1.29, 1.82) is 0 Å². The second-order valence-corrected chi connectivity index (χ2v) is 4.39. The van der Waals surface area contributed by atoms with Gasteiger partial charge >= 0.3 is 5.97 Å². The number of aliphatic imine (C=N–C) groups is 1. The van der Waals surface area contributed by atoms with Crippen LogP contribution in [0.15, 0.2) is 29.3 Å². The largest absolute Gasteiger partial charge is 0.465 e. The van der Waals surface area contributed by atoms with Crippen LogP contribution in [0.25, 0.3) is 0 Å². The molecule has 0 heterocycles. The number of nitrogens with one attached hydrogen (secondary N) is 2. The molecule has 0 amide bonds. The molecule has 0 atom stereocenters. The first kappa shape index (κ1) is 16.0. The lowest BCUT2D eigenvalue weighted by molar-refractivity contribution is 0.0600. The molecule has 0 radical (unpaired) electrons. The number of nitrogens with zero attached hydrogens (tertiary/aromatic N) is 1. The topological polar surface area (TPSA) is 62.7 Å². The van der Waals surface area contributed by atoms with Crippen molar-refractivity contribution in [2.75, 3.05) is 20.7 Å². The number of benzene rings is 1. The molecule has 2 N–H and O–H groups in total. The van der Waals surface area contributed by atoms with Crippen LogP contribution >= 0.6 is 0 Å². The van der Waals surface area contributed by atoms with E-state index in [-0.39, 0.29) is 5.97 Å². The van der Waals surface area contributed by atoms with E-state index < -0.39 is 0 Å². The summed E-state index contributed by atoms with van der Waals surface area (Å²) in [6.45, 7) is 3.73. The summed E-state index contributed by atoms with van der Waals surface area (Å²) in [5.74, 6) is 0.469. The van der Waals surface area contributed by atoms with E-state index in [0.717, 1.165) is 30.9 Å². The van der Waals surface area contributed by atoms with Crippen molar-refractivity contribution in [2.24, 2.45) is 4.99 Å². The number of hydrogen-bond acceptors (Lipinski definition) is 3. The fourth-order valence-corrected chi connectivity index (χ4v) is 1.67. The molecule has 0 fully saturated rings. The van der Waals surface area contributed by atoms with Gasteiger partial charge in [0.2, 0.25) is 0 Å². The zero-order chi connectivity index (χ0) is 14.8. The van der Waals surface area contributed by atoms with Crippen LogP contribution in [-0.4, -0.2) is 32.6 Å². The van der Waals surface area contributed by atoms with Gasteiger partial charge in [0.05, 0.1) is 12.7 Å². The van der Waals surface area contributed by atoms with E-state index in [0.29, 0.717) is 12.1 Å². The minimum atomic E-state index is -0.318. The molecule has 0 aliphatic heterocycles. The number of guanidine groups is 1. The number of rotatable bonds is 6. The van der Waals surface area contributed by atoms with E-state index in [1.807, 2.05) is 12.1 Å². The number of carbonyl (C=O) groups is 1. The van der Waals surface area contributed by atoms with Gasteiger partial charge in [-0.2, -0.15) is 0 Å². The van der Waals surface area contributed by atoms with E-state index in [4.69, 9.17) is 0 Å². The number of hydrogen-bond donors (Lipinski definition) is 2. The van der Waals surface area contributed by atoms with Gasteiger partial charge in [0.15, 0.2) is 5.96 Å². The zero-order valence-electron chi connectivity index (χ0n) is 12.4. The number of methoxy groups -OCH3 is 1. The van der Waals surface area contributed by atoms with Crippen molar-refractivity contribution >= 4 is 11.9 Å². The van der Waals surface area contributed by atoms with Crippen molar-refractivity contribution in [3.8, 4) is 0 Å². The molecule has 5 nitrogen and oxygen atoms in total. The smallest absolute Gasteiger partial charge is 0.337 e. The Labute approximate surface area is 120 Å². The standard InChI is InChI=1S/C15H23N3O2/c1-4-5-10-17-15(16-2)18-11-12-6-8-13(9-7-12)14(19)20-3/h6-9H,4-5,10-11H2,1-3H3,(H2,16,17,18). The maximum atomic E-state index is 11.3. The van der Waals surface area contributed by atoms with E-state index >= 15 is 0 Å². The number of unbranched alkanes of at least 4 members (excludes halogenated alkanes) is 1. The third kappa shape index (κ3) is 5.30. The Balaban J connectivity index is 2.46. The summed E-state index contributed by atoms with van der Waals surface area (Å²) < 4.78 is 4.66. The molecule has 0 saturated heterocycles. The molecule has 1 rings (SSSR count). The van der Waals surface area contributed by atoms with Crippen LogP contribution in [-0.2, 0) is 11.3 Å². The summed E-state index contributed by atoms with van der Waals surface area (Å²) in [7, 11) is 3.13. The molecule has 5 heteroatoms. The van der Waals surface area contributed by atoms with Crippen molar-refractivity contribution in [3.05, 3.63) is 35.4 Å². The summed E-state index contributed by atoms with van der Waals surface area (Å²) in [5.41, 5.74) is 1.64.